The van der Waals surface area contributed by atoms with Gasteiger partial charge >= 0.3 is 5.97 Å². The lowest BCUT2D eigenvalue weighted by Crippen LogP contribution is -2.10. The Morgan fingerprint density at radius 1 is 0.848 bits per heavy atom. The van der Waals surface area contributed by atoms with Gasteiger partial charge in [-0.3, -0.25) is 4.79 Å². The maximum absolute atomic E-state index is 12.9. The van der Waals surface area contributed by atoms with Crippen LogP contribution in [0.5, 0.6) is 17.2 Å². The molecule has 1 heterocycles. The van der Waals surface area contributed by atoms with Gasteiger partial charge in [0.25, 0.3) is 0 Å². The Kier molecular flexibility index (Phi) is 5.81. The number of benzene rings is 3. The van der Waals surface area contributed by atoms with E-state index in [1.165, 1.54) is 17.9 Å². The van der Waals surface area contributed by atoms with Crippen LogP contribution in [0.3, 0.4) is 0 Å². The minimum atomic E-state index is -0.474. The van der Waals surface area contributed by atoms with E-state index in [2.05, 4.69) is 20.8 Å². The summed E-state index contributed by atoms with van der Waals surface area (Å²) in [4.78, 5) is 25.4. The lowest BCUT2D eigenvalue weighted by molar-refractivity contribution is 0.0735. The number of hydrogen-bond acceptors (Lipinski definition) is 5. The molecule has 0 aliphatic heterocycles. The van der Waals surface area contributed by atoms with Crippen LogP contribution >= 0.6 is 0 Å². The molecule has 0 aliphatic carbocycles. The third-order valence-electron chi connectivity index (χ3n) is 5.62. The Hall–Kier alpha value is -3.86. The van der Waals surface area contributed by atoms with Crippen LogP contribution in [-0.4, -0.2) is 5.97 Å². The summed E-state index contributed by atoms with van der Waals surface area (Å²) in [6.07, 6.45) is 1.28. The van der Waals surface area contributed by atoms with Crippen LogP contribution < -0.4 is 14.9 Å². The predicted octanol–water partition coefficient (Wildman–Crippen LogP) is 6.72. The van der Waals surface area contributed by atoms with Crippen LogP contribution in [0.15, 0.2) is 76.1 Å². The van der Waals surface area contributed by atoms with Crippen LogP contribution in [-0.2, 0) is 5.41 Å². The molecule has 0 amide bonds. The van der Waals surface area contributed by atoms with Gasteiger partial charge in [0.1, 0.15) is 23.3 Å². The highest BCUT2D eigenvalue weighted by atomic mass is 16.5. The van der Waals surface area contributed by atoms with Crippen LogP contribution in [0.1, 0.15) is 47.8 Å². The van der Waals surface area contributed by atoms with Gasteiger partial charge in [0.05, 0.1) is 10.9 Å². The molecule has 0 aliphatic rings. The van der Waals surface area contributed by atoms with Crippen molar-refractivity contribution in [3.05, 3.63) is 99.4 Å². The molecule has 33 heavy (non-hydrogen) atoms. The minimum absolute atomic E-state index is 0.0277. The Morgan fingerprint density at radius 3 is 2.21 bits per heavy atom. The summed E-state index contributed by atoms with van der Waals surface area (Å²) in [5.74, 6) is 0.457. The average Bonchev–Trinajstić information content (AvgIpc) is 2.77. The summed E-state index contributed by atoms with van der Waals surface area (Å²) < 4.78 is 16.9. The molecular formula is C28H26O5. The first-order valence-corrected chi connectivity index (χ1v) is 10.8. The van der Waals surface area contributed by atoms with Gasteiger partial charge in [-0.15, -0.1) is 0 Å². The van der Waals surface area contributed by atoms with Crippen LogP contribution in [0.2, 0.25) is 0 Å². The van der Waals surface area contributed by atoms with E-state index in [1.807, 2.05) is 44.2 Å². The van der Waals surface area contributed by atoms with E-state index in [0.717, 1.165) is 11.1 Å². The van der Waals surface area contributed by atoms with Gasteiger partial charge in [0.2, 0.25) is 11.2 Å². The molecule has 5 heteroatoms. The van der Waals surface area contributed by atoms with Gasteiger partial charge in [-0.05, 0) is 72.4 Å². The quantitative estimate of drug-likeness (QED) is 0.259. The monoisotopic (exact) mass is 442 g/mol. The van der Waals surface area contributed by atoms with E-state index in [-0.39, 0.29) is 16.6 Å². The average molecular weight is 443 g/mol. The highest BCUT2D eigenvalue weighted by Crippen LogP contribution is 2.27. The molecule has 168 valence electrons. The molecule has 0 radical (unpaired) electrons. The molecule has 0 atom stereocenters. The summed E-state index contributed by atoms with van der Waals surface area (Å²) in [6, 6.07) is 17.7. The van der Waals surface area contributed by atoms with Crippen molar-refractivity contribution in [2.45, 2.75) is 40.0 Å². The van der Waals surface area contributed by atoms with E-state index >= 15 is 0 Å². The van der Waals surface area contributed by atoms with Gasteiger partial charge in [0, 0.05) is 6.07 Å². The Labute approximate surface area is 192 Å². The Bertz CT molecular complexity index is 1390. The zero-order valence-electron chi connectivity index (χ0n) is 19.4. The fraction of sp³-hybridized carbons (Fsp3) is 0.214. The first kappa shape index (κ1) is 22.3. The number of aryl methyl sites for hydroxylation is 2. The van der Waals surface area contributed by atoms with Crippen molar-refractivity contribution in [3.8, 4) is 17.2 Å². The number of carbonyl (C=O) groups excluding carboxylic acids is 1. The lowest BCUT2D eigenvalue weighted by atomic mass is 9.87. The minimum Gasteiger partial charge on any atom is -0.460 e. The second-order valence-electron chi connectivity index (χ2n) is 9.15. The van der Waals surface area contributed by atoms with E-state index in [9.17, 15) is 9.59 Å². The zero-order chi connectivity index (χ0) is 23.8. The second-order valence-corrected chi connectivity index (χ2v) is 9.15. The van der Waals surface area contributed by atoms with Gasteiger partial charge in [-0.25, -0.2) is 4.79 Å². The van der Waals surface area contributed by atoms with Crippen LogP contribution in [0.25, 0.3) is 11.0 Å². The molecule has 0 spiro atoms. The summed E-state index contributed by atoms with van der Waals surface area (Å²) in [7, 11) is 0. The first-order chi connectivity index (χ1) is 15.6. The standard InChI is InChI=1S/C28H26O5/c1-17-6-7-19(14-18(17)2)27(30)33-22-12-13-23-24(15-22)31-16-25(26(23)29)32-21-10-8-20(9-11-21)28(3,4)5/h6-16H,1-5H3. The first-order valence-electron chi connectivity index (χ1n) is 10.8. The Morgan fingerprint density at radius 2 is 1.55 bits per heavy atom. The van der Waals surface area contributed by atoms with Crippen molar-refractivity contribution in [1.82, 2.24) is 0 Å². The van der Waals surface area contributed by atoms with E-state index < -0.39 is 5.97 Å². The largest absolute Gasteiger partial charge is 0.460 e. The maximum Gasteiger partial charge on any atom is 0.343 e. The van der Waals surface area contributed by atoms with Crippen molar-refractivity contribution in [1.29, 1.82) is 0 Å². The van der Waals surface area contributed by atoms with E-state index in [1.54, 1.807) is 24.3 Å². The molecule has 5 nitrogen and oxygen atoms in total. The van der Waals surface area contributed by atoms with Crippen LogP contribution in [0, 0.1) is 13.8 Å². The second kappa shape index (κ2) is 8.58. The summed E-state index contributed by atoms with van der Waals surface area (Å²) in [5, 5.41) is 0.338. The highest BCUT2D eigenvalue weighted by Gasteiger charge is 2.15. The third-order valence-corrected chi connectivity index (χ3v) is 5.62. The highest BCUT2D eigenvalue weighted by molar-refractivity contribution is 5.92. The fourth-order valence-electron chi connectivity index (χ4n) is 3.41. The number of carbonyl (C=O) groups is 1. The van der Waals surface area contributed by atoms with Gasteiger partial charge in [-0.1, -0.05) is 39.0 Å². The molecule has 0 fully saturated rings. The molecule has 0 unspecified atom stereocenters. The van der Waals surface area contributed by atoms with Crippen molar-refractivity contribution in [2.24, 2.45) is 0 Å². The Balaban J connectivity index is 1.55. The predicted molar refractivity (Wildman–Crippen MR) is 129 cm³/mol. The number of ether oxygens (including phenoxy) is 2. The van der Waals surface area contributed by atoms with Gasteiger partial charge in [-0.2, -0.15) is 0 Å². The van der Waals surface area contributed by atoms with Crippen molar-refractivity contribution < 1.29 is 18.7 Å². The summed E-state index contributed by atoms with van der Waals surface area (Å²) in [6.45, 7) is 10.3. The number of hydrogen-bond donors (Lipinski definition) is 0. The van der Waals surface area contributed by atoms with E-state index in [4.69, 9.17) is 13.9 Å². The summed E-state index contributed by atoms with van der Waals surface area (Å²) in [5.41, 5.74) is 3.77. The third kappa shape index (κ3) is 4.82. The topological polar surface area (TPSA) is 65.7 Å². The molecule has 4 aromatic rings. The lowest BCUT2D eigenvalue weighted by Gasteiger charge is -2.19. The molecule has 1 aromatic heterocycles. The molecule has 0 saturated heterocycles. The van der Waals surface area contributed by atoms with Crippen molar-refractivity contribution in [2.75, 3.05) is 0 Å². The molecule has 0 saturated carbocycles. The van der Waals surface area contributed by atoms with E-state index in [0.29, 0.717) is 28.0 Å². The smallest absolute Gasteiger partial charge is 0.343 e. The number of fused-ring (bicyclic) bond motifs is 1. The van der Waals surface area contributed by atoms with Crippen molar-refractivity contribution in [3.63, 3.8) is 0 Å². The zero-order valence-corrected chi connectivity index (χ0v) is 19.4. The maximum atomic E-state index is 12.9. The molecular weight excluding hydrogens is 416 g/mol. The summed E-state index contributed by atoms with van der Waals surface area (Å²) >= 11 is 0. The van der Waals surface area contributed by atoms with Crippen molar-refractivity contribution >= 4 is 16.9 Å². The molecule has 0 bridgehead atoms. The molecule has 0 N–H and O–H groups in total. The molecule has 4 rings (SSSR count). The molecule has 3 aromatic carbocycles. The van der Waals surface area contributed by atoms with Gasteiger partial charge in [0.15, 0.2) is 0 Å². The normalized spacial score (nSPS) is 11.4. The van der Waals surface area contributed by atoms with Crippen LogP contribution in [0.4, 0.5) is 0 Å². The number of esters is 1. The fourth-order valence-corrected chi connectivity index (χ4v) is 3.41. The SMILES string of the molecule is Cc1ccc(C(=O)Oc2ccc3c(=O)c(Oc4ccc(C(C)(C)C)cc4)coc3c2)cc1C. The number of rotatable bonds is 4. The van der Waals surface area contributed by atoms with Gasteiger partial charge < -0.3 is 13.9 Å².